The molecule has 6 nitrogen and oxygen atoms in total. The van der Waals surface area contributed by atoms with E-state index in [1.165, 1.54) is 30.5 Å². The first-order chi connectivity index (χ1) is 13.0. The lowest BCUT2D eigenvalue weighted by atomic mass is 9.84. The number of carbonyl (C=O) groups is 2. The number of halogens is 1. The summed E-state index contributed by atoms with van der Waals surface area (Å²) in [5.74, 6) is -0.851. The van der Waals surface area contributed by atoms with Crippen LogP contribution in [0.1, 0.15) is 44.5 Å². The van der Waals surface area contributed by atoms with Gasteiger partial charge >= 0.3 is 0 Å². The quantitative estimate of drug-likeness (QED) is 0.744. The molecule has 1 aliphatic rings. The van der Waals surface area contributed by atoms with Gasteiger partial charge in [0.2, 0.25) is 0 Å². The molecule has 0 bridgehead atoms. The second-order valence-corrected chi connectivity index (χ2v) is 6.41. The van der Waals surface area contributed by atoms with Crippen LogP contribution in [-0.4, -0.2) is 16.7 Å². The SMILES string of the molecule is O=C1CC(c2ccco2)Cc2[nH]c(=O)c(C(=O)Nc3cccc(F)c3)cc21. The first kappa shape index (κ1) is 17.0. The van der Waals surface area contributed by atoms with Crippen LogP contribution in [0.25, 0.3) is 0 Å². The highest BCUT2D eigenvalue weighted by molar-refractivity contribution is 6.06. The molecule has 2 N–H and O–H groups in total. The second kappa shape index (κ2) is 6.68. The zero-order valence-corrected chi connectivity index (χ0v) is 14.1. The maximum absolute atomic E-state index is 13.3. The normalized spacial score (nSPS) is 16.0. The van der Waals surface area contributed by atoms with Crippen molar-refractivity contribution in [2.75, 3.05) is 5.32 Å². The first-order valence-corrected chi connectivity index (χ1v) is 8.41. The Morgan fingerprint density at radius 1 is 1.15 bits per heavy atom. The van der Waals surface area contributed by atoms with Crippen molar-refractivity contribution in [2.45, 2.75) is 18.8 Å². The van der Waals surface area contributed by atoms with Gasteiger partial charge in [-0.25, -0.2) is 4.39 Å². The number of hydrogen-bond donors (Lipinski definition) is 2. The van der Waals surface area contributed by atoms with E-state index in [4.69, 9.17) is 4.42 Å². The zero-order chi connectivity index (χ0) is 19.0. The number of aromatic amines is 1. The van der Waals surface area contributed by atoms with Crippen LogP contribution in [0.2, 0.25) is 0 Å². The Labute approximate surface area is 153 Å². The van der Waals surface area contributed by atoms with Crippen molar-refractivity contribution in [3.8, 4) is 0 Å². The Bertz CT molecular complexity index is 1090. The summed E-state index contributed by atoms with van der Waals surface area (Å²) in [4.78, 5) is 40.0. The van der Waals surface area contributed by atoms with Crippen LogP contribution in [0.4, 0.5) is 10.1 Å². The number of ketones is 1. The van der Waals surface area contributed by atoms with Crippen LogP contribution in [-0.2, 0) is 6.42 Å². The molecule has 1 amide bonds. The van der Waals surface area contributed by atoms with Crippen molar-refractivity contribution in [3.05, 3.63) is 87.5 Å². The fourth-order valence-electron chi connectivity index (χ4n) is 3.29. The number of H-pyrrole nitrogens is 1. The van der Waals surface area contributed by atoms with Crippen LogP contribution in [0.5, 0.6) is 0 Å². The van der Waals surface area contributed by atoms with Gasteiger partial charge in [-0.1, -0.05) is 6.07 Å². The molecule has 2 aromatic heterocycles. The van der Waals surface area contributed by atoms with E-state index in [0.29, 0.717) is 23.4 Å². The van der Waals surface area contributed by atoms with Gasteiger partial charge in [-0.2, -0.15) is 0 Å². The fraction of sp³-hybridized carbons (Fsp3) is 0.150. The van der Waals surface area contributed by atoms with Gasteiger partial charge in [0.25, 0.3) is 11.5 Å². The predicted molar refractivity (Wildman–Crippen MR) is 95.5 cm³/mol. The summed E-state index contributed by atoms with van der Waals surface area (Å²) >= 11 is 0. The monoisotopic (exact) mass is 366 g/mol. The minimum atomic E-state index is -0.703. The molecule has 0 saturated heterocycles. The topological polar surface area (TPSA) is 92.2 Å². The van der Waals surface area contributed by atoms with Gasteiger partial charge in [0.05, 0.1) is 6.26 Å². The van der Waals surface area contributed by atoms with Crippen molar-refractivity contribution in [3.63, 3.8) is 0 Å². The average molecular weight is 366 g/mol. The highest BCUT2D eigenvalue weighted by atomic mass is 19.1. The third-order valence-electron chi connectivity index (χ3n) is 4.58. The largest absolute Gasteiger partial charge is 0.469 e. The molecule has 2 heterocycles. The molecule has 0 saturated carbocycles. The number of amides is 1. The summed E-state index contributed by atoms with van der Waals surface area (Å²) in [7, 11) is 0. The Kier molecular flexibility index (Phi) is 4.19. The van der Waals surface area contributed by atoms with Crippen molar-refractivity contribution in [2.24, 2.45) is 0 Å². The lowest BCUT2D eigenvalue weighted by molar-refractivity contribution is 0.0959. The molecule has 7 heteroatoms. The highest BCUT2D eigenvalue weighted by Gasteiger charge is 2.30. The minimum absolute atomic E-state index is 0.150. The number of nitrogens with one attached hydrogen (secondary N) is 2. The standard InChI is InChI=1S/C20H15FN2O4/c21-12-3-1-4-13(9-12)22-19(25)15-10-14-16(23-20(15)26)7-11(8-17(14)24)18-5-2-6-27-18/h1-6,9-11H,7-8H2,(H,22,25)(H,23,26). The highest BCUT2D eigenvalue weighted by Crippen LogP contribution is 2.31. The number of pyridine rings is 1. The molecular formula is C20H15FN2O4. The van der Waals surface area contributed by atoms with E-state index in [9.17, 15) is 18.8 Å². The number of furan rings is 1. The van der Waals surface area contributed by atoms with Gasteiger partial charge in [0.1, 0.15) is 17.1 Å². The molecule has 1 unspecified atom stereocenters. The van der Waals surface area contributed by atoms with Crippen molar-refractivity contribution in [1.82, 2.24) is 4.98 Å². The van der Waals surface area contributed by atoms with E-state index < -0.39 is 17.3 Å². The number of benzene rings is 1. The average Bonchev–Trinajstić information content (AvgIpc) is 3.15. The maximum Gasteiger partial charge on any atom is 0.261 e. The minimum Gasteiger partial charge on any atom is -0.469 e. The summed E-state index contributed by atoms with van der Waals surface area (Å²) < 4.78 is 18.6. The number of Topliss-reactive ketones (excluding diaryl/α,β-unsaturated/α-hetero) is 1. The summed E-state index contributed by atoms with van der Waals surface area (Å²) in [6.45, 7) is 0. The summed E-state index contributed by atoms with van der Waals surface area (Å²) in [6, 6.07) is 10.2. The lowest BCUT2D eigenvalue weighted by Crippen LogP contribution is -2.29. The fourth-order valence-corrected chi connectivity index (χ4v) is 3.29. The van der Waals surface area contributed by atoms with E-state index in [1.807, 2.05) is 0 Å². The Morgan fingerprint density at radius 2 is 2.00 bits per heavy atom. The molecule has 0 aliphatic heterocycles. The smallest absolute Gasteiger partial charge is 0.261 e. The van der Waals surface area contributed by atoms with Gasteiger partial charge in [0.15, 0.2) is 5.78 Å². The summed E-state index contributed by atoms with van der Waals surface area (Å²) in [6.07, 6.45) is 2.21. The Balaban J connectivity index is 1.63. The molecule has 0 radical (unpaired) electrons. The van der Waals surface area contributed by atoms with Crippen LogP contribution in [0, 0.1) is 5.82 Å². The van der Waals surface area contributed by atoms with Gasteiger partial charge in [-0.3, -0.25) is 14.4 Å². The molecular weight excluding hydrogens is 351 g/mol. The molecule has 0 fully saturated rings. The molecule has 27 heavy (non-hydrogen) atoms. The molecule has 1 aromatic carbocycles. The van der Waals surface area contributed by atoms with Crippen LogP contribution < -0.4 is 10.9 Å². The molecule has 3 aromatic rings. The van der Waals surface area contributed by atoms with Crippen LogP contribution >= 0.6 is 0 Å². The Hall–Kier alpha value is -3.48. The van der Waals surface area contributed by atoms with Crippen molar-refractivity contribution >= 4 is 17.4 Å². The number of aromatic nitrogens is 1. The number of hydrogen-bond acceptors (Lipinski definition) is 4. The molecule has 1 atom stereocenters. The van der Waals surface area contributed by atoms with Gasteiger partial charge in [0, 0.05) is 29.3 Å². The zero-order valence-electron chi connectivity index (χ0n) is 14.1. The summed E-state index contributed by atoms with van der Waals surface area (Å²) in [5.41, 5.74) is 0.237. The third kappa shape index (κ3) is 3.31. The van der Waals surface area contributed by atoms with E-state index in [2.05, 4.69) is 10.3 Å². The second-order valence-electron chi connectivity index (χ2n) is 6.41. The first-order valence-electron chi connectivity index (χ1n) is 8.41. The maximum atomic E-state index is 13.3. The number of carbonyl (C=O) groups excluding carboxylic acids is 2. The Morgan fingerprint density at radius 3 is 2.74 bits per heavy atom. The van der Waals surface area contributed by atoms with Crippen LogP contribution in [0.3, 0.4) is 0 Å². The van der Waals surface area contributed by atoms with Gasteiger partial charge in [-0.15, -0.1) is 0 Å². The summed E-state index contributed by atoms with van der Waals surface area (Å²) in [5, 5.41) is 2.47. The predicted octanol–water partition coefficient (Wildman–Crippen LogP) is 3.27. The van der Waals surface area contributed by atoms with Crippen molar-refractivity contribution in [1.29, 1.82) is 0 Å². The van der Waals surface area contributed by atoms with E-state index in [1.54, 1.807) is 12.1 Å². The lowest BCUT2D eigenvalue weighted by Gasteiger charge is -2.22. The van der Waals surface area contributed by atoms with Crippen molar-refractivity contribution < 1.29 is 18.4 Å². The number of rotatable bonds is 3. The van der Waals surface area contributed by atoms with E-state index >= 15 is 0 Å². The molecule has 136 valence electrons. The molecule has 0 spiro atoms. The van der Waals surface area contributed by atoms with E-state index in [0.717, 1.165) is 6.07 Å². The van der Waals surface area contributed by atoms with Crippen LogP contribution in [0.15, 0.2) is 57.9 Å². The molecule has 4 rings (SSSR count). The number of anilines is 1. The van der Waals surface area contributed by atoms with E-state index in [-0.39, 0.29) is 29.4 Å². The molecule has 1 aliphatic carbocycles. The third-order valence-corrected chi connectivity index (χ3v) is 4.58. The van der Waals surface area contributed by atoms with Gasteiger partial charge < -0.3 is 14.7 Å². The van der Waals surface area contributed by atoms with Gasteiger partial charge in [-0.05, 0) is 42.8 Å². The number of fused-ring (bicyclic) bond motifs is 1.